The molecule has 4 rings (SSSR count). The number of nitrogens with zero attached hydrogens (tertiary/aromatic N) is 3. The Morgan fingerprint density at radius 2 is 1.87 bits per heavy atom. The average Bonchev–Trinajstić information content (AvgIpc) is 3.19. The summed E-state index contributed by atoms with van der Waals surface area (Å²) in [4.78, 5) is 33.8. The molecule has 0 saturated heterocycles. The fourth-order valence-corrected chi connectivity index (χ4v) is 3.58. The van der Waals surface area contributed by atoms with Crippen LogP contribution in [-0.2, 0) is 11.2 Å². The number of hydrogen-bond acceptors (Lipinski definition) is 4. The Labute approximate surface area is 174 Å². The van der Waals surface area contributed by atoms with Crippen molar-refractivity contribution in [2.45, 2.75) is 25.8 Å². The van der Waals surface area contributed by atoms with Gasteiger partial charge in [-0.3, -0.25) is 19.6 Å². The van der Waals surface area contributed by atoms with Gasteiger partial charge in [-0.15, -0.1) is 0 Å². The quantitative estimate of drug-likeness (QED) is 0.720. The molecule has 2 heterocycles. The van der Waals surface area contributed by atoms with E-state index >= 15 is 0 Å². The molecule has 1 unspecified atom stereocenters. The minimum Gasteiger partial charge on any atom is -0.368 e. The predicted molar refractivity (Wildman–Crippen MR) is 111 cm³/mol. The van der Waals surface area contributed by atoms with Crippen molar-refractivity contribution in [1.29, 1.82) is 0 Å². The summed E-state index contributed by atoms with van der Waals surface area (Å²) in [6.07, 6.45) is 6.20. The maximum absolute atomic E-state index is 14.0. The molecule has 0 fully saturated rings. The molecule has 0 aliphatic heterocycles. The predicted octanol–water partition coefficient (Wildman–Crippen LogP) is 3.23. The van der Waals surface area contributed by atoms with Gasteiger partial charge in [0.25, 0.3) is 5.91 Å². The number of primary amides is 1. The van der Waals surface area contributed by atoms with Crippen molar-refractivity contribution in [3.63, 3.8) is 0 Å². The Bertz CT molecular complexity index is 1000. The number of carbonyl (C=O) groups excluding carboxylic acids is 2. The SMILES string of the molecule is Cc1ncccc1C(=O)N(CC(N)=O)C1CCc2c(F)cccc21.c1ccncc1. The Morgan fingerprint density at radius 3 is 2.47 bits per heavy atom. The number of benzene rings is 1. The number of amides is 2. The van der Waals surface area contributed by atoms with Gasteiger partial charge in [0, 0.05) is 24.3 Å². The van der Waals surface area contributed by atoms with Crippen LogP contribution < -0.4 is 5.73 Å². The molecule has 0 radical (unpaired) electrons. The second kappa shape index (κ2) is 9.73. The third kappa shape index (κ3) is 4.86. The molecule has 2 aromatic heterocycles. The molecule has 6 nitrogen and oxygen atoms in total. The van der Waals surface area contributed by atoms with E-state index in [-0.39, 0.29) is 24.3 Å². The molecule has 2 amide bonds. The van der Waals surface area contributed by atoms with E-state index in [1.807, 2.05) is 18.2 Å². The van der Waals surface area contributed by atoms with E-state index in [4.69, 9.17) is 5.73 Å². The third-order valence-electron chi connectivity index (χ3n) is 4.95. The van der Waals surface area contributed by atoms with E-state index in [9.17, 15) is 14.0 Å². The lowest BCUT2D eigenvalue weighted by Crippen LogP contribution is -2.40. The highest BCUT2D eigenvalue weighted by atomic mass is 19.1. The van der Waals surface area contributed by atoms with E-state index in [0.29, 0.717) is 29.7 Å². The highest BCUT2D eigenvalue weighted by molar-refractivity contribution is 5.97. The highest BCUT2D eigenvalue weighted by Crippen LogP contribution is 2.37. The van der Waals surface area contributed by atoms with Gasteiger partial charge in [-0.2, -0.15) is 0 Å². The van der Waals surface area contributed by atoms with Crippen LogP contribution in [0.3, 0.4) is 0 Å². The van der Waals surface area contributed by atoms with Crippen LogP contribution in [0.15, 0.2) is 67.1 Å². The molecule has 3 aromatic rings. The molecule has 0 saturated carbocycles. The molecule has 0 spiro atoms. The van der Waals surface area contributed by atoms with E-state index in [1.54, 1.807) is 49.8 Å². The van der Waals surface area contributed by atoms with Crippen molar-refractivity contribution in [2.75, 3.05) is 6.54 Å². The molecule has 1 aromatic carbocycles. The Morgan fingerprint density at radius 1 is 1.10 bits per heavy atom. The topological polar surface area (TPSA) is 89.2 Å². The van der Waals surface area contributed by atoms with Gasteiger partial charge in [0.05, 0.1) is 11.6 Å². The van der Waals surface area contributed by atoms with E-state index in [1.165, 1.54) is 11.0 Å². The molecule has 30 heavy (non-hydrogen) atoms. The smallest absolute Gasteiger partial charge is 0.256 e. The van der Waals surface area contributed by atoms with Gasteiger partial charge < -0.3 is 10.6 Å². The molecule has 1 atom stereocenters. The second-order valence-electron chi connectivity index (χ2n) is 6.92. The van der Waals surface area contributed by atoms with Crippen molar-refractivity contribution < 1.29 is 14.0 Å². The Balaban J connectivity index is 0.000000367. The zero-order valence-electron chi connectivity index (χ0n) is 16.7. The summed E-state index contributed by atoms with van der Waals surface area (Å²) in [5.41, 5.74) is 7.69. The number of pyridine rings is 2. The number of fused-ring (bicyclic) bond motifs is 1. The van der Waals surface area contributed by atoms with Gasteiger partial charge in [-0.1, -0.05) is 18.2 Å². The van der Waals surface area contributed by atoms with E-state index in [2.05, 4.69) is 9.97 Å². The molecule has 7 heteroatoms. The number of nitrogens with two attached hydrogens (primary N) is 1. The van der Waals surface area contributed by atoms with Crippen molar-refractivity contribution >= 4 is 11.8 Å². The summed E-state index contributed by atoms with van der Waals surface area (Å²) < 4.78 is 14.0. The Hall–Kier alpha value is -3.61. The summed E-state index contributed by atoms with van der Waals surface area (Å²) in [7, 11) is 0. The van der Waals surface area contributed by atoms with Crippen LogP contribution in [0.4, 0.5) is 4.39 Å². The van der Waals surface area contributed by atoms with Crippen molar-refractivity contribution in [1.82, 2.24) is 14.9 Å². The molecular weight excluding hydrogens is 383 g/mol. The first kappa shape index (κ1) is 21.1. The van der Waals surface area contributed by atoms with Crippen molar-refractivity contribution in [3.8, 4) is 0 Å². The maximum Gasteiger partial charge on any atom is 0.256 e. The van der Waals surface area contributed by atoms with Crippen LogP contribution in [0.2, 0.25) is 0 Å². The van der Waals surface area contributed by atoms with Gasteiger partial charge in [0.2, 0.25) is 5.91 Å². The fourth-order valence-electron chi connectivity index (χ4n) is 3.58. The number of carbonyl (C=O) groups is 2. The standard InChI is InChI=1S/C18H18FN3O2.C5H5N/c1-11-12(5-3-9-21-11)18(24)22(10-17(20)23)16-8-7-13-14(16)4-2-6-15(13)19;1-2-4-6-5-3-1/h2-6,9,16H,7-8,10H2,1H3,(H2,20,23);1-5H. The summed E-state index contributed by atoms with van der Waals surface area (Å²) in [6, 6.07) is 13.5. The van der Waals surface area contributed by atoms with Crippen molar-refractivity contribution in [3.05, 3.63) is 95.3 Å². The molecule has 154 valence electrons. The van der Waals surface area contributed by atoms with E-state index in [0.717, 1.165) is 5.56 Å². The average molecular weight is 406 g/mol. The van der Waals surface area contributed by atoms with Crippen LogP contribution in [0.5, 0.6) is 0 Å². The fraction of sp³-hybridized carbons (Fsp3) is 0.217. The van der Waals surface area contributed by atoms with Crippen LogP contribution in [-0.4, -0.2) is 33.2 Å². The normalized spacial score (nSPS) is 14.3. The monoisotopic (exact) mass is 406 g/mol. The molecular formula is C23H23FN4O2. The molecule has 0 bridgehead atoms. The van der Waals surface area contributed by atoms with Gasteiger partial charge in [0.15, 0.2) is 0 Å². The third-order valence-corrected chi connectivity index (χ3v) is 4.95. The summed E-state index contributed by atoms with van der Waals surface area (Å²) in [5, 5.41) is 0. The lowest BCUT2D eigenvalue weighted by molar-refractivity contribution is -0.119. The highest BCUT2D eigenvalue weighted by Gasteiger charge is 2.34. The van der Waals surface area contributed by atoms with Gasteiger partial charge >= 0.3 is 0 Å². The lowest BCUT2D eigenvalue weighted by atomic mass is 10.0. The van der Waals surface area contributed by atoms with Crippen molar-refractivity contribution in [2.24, 2.45) is 5.73 Å². The second-order valence-corrected chi connectivity index (χ2v) is 6.92. The number of aromatic nitrogens is 2. The lowest BCUT2D eigenvalue weighted by Gasteiger charge is -2.29. The van der Waals surface area contributed by atoms with Crippen LogP contribution in [0, 0.1) is 12.7 Å². The molecule has 2 N–H and O–H groups in total. The number of aryl methyl sites for hydroxylation is 1. The summed E-state index contributed by atoms with van der Waals surface area (Å²) >= 11 is 0. The zero-order valence-corrected chi connectivity index (χ0v) is 16.7. The largest absolute Gasteiger partial charge is 0.368 e. The van der Waals surface area contributed by atoms with Gasteiger partial charge in [0.1, 0.15) is 12.4 Å². The number of rotatable bonds is 4. The maximum atomic E-state index is 14.0. The zero-order chi connectivity index (χ0) is 21.5. The minimum atomic E-state index is -0.602. The first-order valence-electron chi connectivity index (χ1n) is 9.62. The van der Waals surface area contributed by atoms with Crippen LogP contribution >= 0.6 is 0 Å². The molecule has 1 aliphatic rings. The first-order chi connectivity index (χ1) is 14.5. The number of halogens is 1. The molecule has 1 aliphatic carbocycles. The summed E-state index contributed by atoms with van der Waals surface area (Å²) in [6.45, 7) is 1.52. The Kier molecular flexibility index (Phi) is 6.85. The van der Waals surface area contributed by atoms with Crippen LogP contribution in [0.25, 0.3) is 0 Å². The van der Waals surface area contributed by atoms with Crippen LogP contribution in [0.1, 0.15) is 39.6 Å². The summed E-state index contributed by atoms with van der Waals surface area (Å²) in [5.74, 6) is -1.20. The van der Waals surface area contributed by atoms with Gasteiger partial charge in [-0.05, 0) is 61.2 Å². The van der Waals surface area contributed by atoms with E-state index < -0.39 is 5.91 Å². The van der Waals surface area contributed by atoms with Gasteiger partial charge in [-0.25, -0.2) is 4.39 Å². The first-order valence-corrected chi connectivity index (χ1v) is 9.62. The number of hydrogen-bond donors (Lipinski definition) is 1. The minimum absolute atomic E-state index is 0.214.